The van der Waals surface area contributed by atoms with E-state index in [9.17, 15) is 9.90 Å². The highest BCUT2D eigenvalue weighted by Gasteiger charge is 2.25. The Kier molecular flexibility index (Phi) is 5.42. The van der Waals surface area contributed by atoms with E-state index in [1.165, 1.54) is 4.90 Å². The molecule has 0 aromatic carbocycles. The highest BCUT2D eigenvalue weighted by Crippen LogP contribution is 2.19. The number of aliphatic hydroxyl groups excluding tert-OH is 1. The number of amides is 1. The predicted molar refractivity (Wildman–Crippen MR) is 94.0 cm³/mol. The SMILES string of the molecule is Cc1cc(N(CCO)C(=O)OC(C)(C)C)nc(-n2nc(C)cc2C)n1. The number of carbonyl (C=O) groups is 1. The van der Waals surface area contributed by atoms with Gasteiger partial charge in [-0.15, -0.1) is 0 Å². The van der Waals surface area contributed by atoms with Gasteiger partial charge >= 0.3 is 6.09 Å². The lowest BCUT2D eigenvalue weighted by atomic mass is 10.2. The molecule has 0 saturated heterocycles. The van der Waals surface area contributed by atoms with Crippen LogP contribution in [0.1, 0.15) is 37.9 Å². The third-order valence-electron chi connectivity index (χ3n) is 3.24. The maximum absolute atomic E-state index is 12.5. The summed E-state index contributed by atoms with van der Waals surface area (Å²) in [7, 11) is 0. The first-order chi connectivity index (χ1) is 11.6. The fourth-order valence-corrected chi connectivity index (χ4v) is 2.32. The van der Waals surface area contributed by atoms with Crippen molar-refractivity contribution in [3.8, 4) is 5.95 Å². The Labute approximate surface area is 147 Å². The number of carbonyl (C=O) groups excluding carboxylic acids is 1. The number of hydrogen-bond acceptors (Lipinski definition) is 6. The van der Waals surface area contributed by atoms with Crippen molar-refractivity contribution in [2.24, 2.45) is 0 Å². The Morgan fingerprint density at radius 3 is 2.40 bits per heavy atom. The lowest BCUT2D eigenvalue weighted by molar-refractivity contribution is 0.0572. The van der Waals surface area contributed by atoms with Crippen LogP contribution < -0.4 is 4.90 Å². The molecular weight excluding hydrogens is 322 g/mol. The van der Waals surface area contributed by atoms with Crippen LogP contribution in [0.4, 0.5) is 10.6 Å². The van der Waals surface area contributed by atoms with Crippen molar-refractivity contribution in [1.29, 1.82) is 0 Å². The minimum atomic E-state index is -0.647. The maximum atomic E-state index is 12.5. The molecule has 0 aliphatic rings. The van der Waals surface area contributed by atoms with Crippen LogP contribution in [0.2, 0.25) is 0 Å². The number of aryl methyl sites for hydroxylation is 3. The third-order valence-corrected chi connectivity index (χ3v) is 3.24. The van der Waals surface area contributed by atoms with E-state index >= 15 is 0 Å². The molecule has 0 bridgehead atoms. The van der Waals surface area contributed by atoms with Gasteiger partial charge in [0.1, 0.15) is 11.4 Å². The molecule has 1 N–H and O–H groups in total. The summed E-state index contributed by atoms with van der Waals surface area (Å²) in [6.07, 6.45) is -0.570. The van der Waals surface area contributed by atoms with Crippen molar-refractivity contribution in [2.75, 3.05) is 18.1 Å². The van der Waals surface area contributed by atoms with Gasteiger partial charge in [0.2, 0.25) is 0 Å². The van der Waals surface area contributed by atoms with Crippen LogP contribution >= 0.6 is 0 Å². The van der Waals surface area contributed by atoms with Crippen molar-refractivity contribution >= 4 is 11.9 Å². The second kappa shape index (κ2) is 7.18. The van der Waals surface area contributed by atoms with Crippen molar-refractivity contribution in [3.05, 3.63) is 29.2 Å². The van der Waals surface area contributed by atoms with Crippen molar-refractivity contribution in [3.63, 3.8) is 0 Å². The largest absolute Gasteiger partial charge is 0.443 e. The molecule has 0 atom stereocenters. The quantitative estimate of drug-likeness (QED) is 0.912. The van der Waals surface area contributed by atoms with Crippen molar-refractivity contribution in [2.45, 2.75) is 47.1 Å². The Balaban J connectivity index is 2.45. The van der Waals surface area contributed by atoms with Crippen molar-refractivity contribution < 1.29 is 14.6 Å². The van der Waals surface area contributed by atoms with Crippen molar-refractivity contribution in [1.82, 2.24) is 19.7 Å². The Hall–Kier alpha value is -2.48. The highest BCUT2D eigenvalue weighted by molar-refractivity contribution is 5.86. The van der Waals surface area contributed by atoms with Gasteiger partial charge in [-0.2, -0.15) is 10.1 Å². The number of anilines is 1. The van der Waals surface area contributed by atoms with E-state index in [1.54, 1.807) is 31.5 Å². The van der Waals surface area contributed by atoms with Gasteiger partial charge in [-0.3, -0.25) is 4.90 Å². The molecule has 0 spiro atoms. The normalized spacial score (nSPS) is 11.5. The summed E-state index contributed by atoms with van der Waals surface area (Å²) in [5.74, 6) is 0.727. The van der Waals surface area contributed by atoms with Crippen LogP contribution in [0, 0.1) is 20.8 Å². The van der Waals surface area contributed by atoms with Gasteiger partial charge in [-0.25, -0.2) is 14.5 Å². The molecule has 2 rings (SSSR count). The van der Waals surface area contributed by atoms with Crippen LogP contribution in [-0.4, -0.2) is 49.7 Å². The van der Waals surface area contributed by atoms with Gasteiger partial charge in [0.15, 0.2) is 0 Å². The molecule has 136 valence electrons. The lowest BCUT2D eigenvalue weighted by Crippen LogP contribution is -2.39. The molecule has 0 aliphatic heterocycles. The van der Waals surface area contributed by atoms with Gasteiger partial charge in [-0.1, -0.05) is 0 Å². The molecule has 0 aliphatic carbocycles. The van der Waals surface area contributed by atoms with Crippen LogP contribution in [0.25, 0.3) is 5.95 Å². The van der Waals surface area contributed by atoms with Gasteiger partial charge in [0.05, 0.1) is 18.8 Å². The van der Waals surface area contributed by atoms with E-state index in [0.717, 1.165) is 11.4 Å². The molecule has 25 heavy (non-hydrogen) atoms. The molecule has 0 fully saturated rings. The van der Waals surface area contributed by atoms with E-state index in [1.807, 2.05) is 26.8 Å². The Bertz CT molecular complexity index is 764. The van der Waals surface area contributed by atoms with Gasteiger partial charge in [0.25, 0.3) is 5.95 Å². The Morgan fingerprint density at radius 2 is 1.88 bits per heavy atom. The molecule has 1 amide bonds. The fourth-order valence-electron chi connectivity index (χ4n) is 2.32. The van der Waals surface area contributed by atoms with Gasteiger partial charge in [0, 0.05) is 17.5 Å². The van der Waals surface area contributed by atoms with Crippen LogP contribution in [-0.2, 0) is 4.74 Å². The molecule has 2 aromatic rings. The summed E-state index contributed by atoms with van der Waals surface area (Å²) >= 11 is 0. The van der Waals surface area contributed by atoms with Crippen LogP contribution in [0.5, 0.6) is 0 Å². The first-order valence-electron chi connectivity index (χ1n) is 8.11. The topological polar surface area (TPSA) is 93.4 Å². The number of hydrogen-bond donors (Lipinski definition) is 1. The van der Waals surface area contributed by atoms with Crippen LogP contribution in [0.3, 0.4) is 0 Å². The smallest absolute Gasteiger partial charge is 0.416 e. The number of rotatable bonds is 4. The monoisotopic (exact) mass is 347 g/mol. The highest BCUT2D eigenvalue weighted by atomic mass is 16.6. The third kappa shape index (κ3) is 4.76. The molecule has 0 saturated carbocycles. The first-order valence-corrected chi connectivity index (χ1v) is 8.11. The molecule has 2 aromatic heterocycles. The zero-order chi connectivity index (χ0) is 18.8. The van der Waals surface area contributed by atoms with Gasteiger partial charge < -0.3 is 9.84 Å². The number of aromatic nitrogens is 4. The molecule has 8 heteroatoms. The average Bonchev–Trinajstić information content (AvgIpc) is 2.81. The molecule has 2 heterocycles. The fraction of sp³-hybridized carbons (Fsp3) is 0.529. The standard InChI is InChI=1S/C17H25N5O3/c1-11-10-14(21(7-8-23)16(24)25-17(4,5)6)19-15(18-11)22-13(3)9-12(2)20-22/h9-10,23H,7-8H2,1-6H3. The zero-order valence-electron chi connectivity index (χ0n) is 15.6. The van der Waals surface area contributed by atoms with E-state index < -0.39 is 11.7 Å². The minimum Gasteiger partial charge on any atom is -0.443 e. The zero-order valence-corrected chi connectivity index (χ0v) is 15.6. The predicted octanol–water partition coefficient (Wildman–Crippen LogP) is 2.32. The Morgan fingerprint density at radius 1 is 1.20 bits per heavy atom. The average molecular weight is 347 g/mol. The molecule has 0 radical (unpaired) electrons. The number of ether oxygens (including phenoxy) is 1. The molecule has 0 unspecified atom stereocenters. The van der Waals surface area contributed by atoms with Gasteiger partial charge in [-0.05, 0) is 47.6 Å². The van der Waals surface area contributed by atoms with E-state index in [0.29, 0.717) is 17.5 Å². The van der Waals surface area contributed by atoms with E-state index in [-0.39, 0.29) is 13.2 Å². The van der Waals surface area contributed by atoms with Crippen LogP contribution in [0.15, 0.2) is 12.1 Å². The summed E-state index contributed by atoms with van der Waals surface area (Å²) in [5.41, 5.74) is 1.77. The molecular formula is C17H25N5O3. The molecule has 8 nitrogen and oxygen atoms in total. The number of nitrogens with zero attached hydrogens (tertiary/aromatic N) is 5. The first kappa shape index (κ1) is 18.9. The summed E-state index contributed by atoms with van der Waals surface area (Å²) < 4.78 is 7.04. The summed E-state index contributed by atoms with van der Waals surface area (Å²) in [4.78, 5) is 22.6. The summed E-state index contributed by atoms with van der Waals surface area (Å²) in [6.45, 7) is 10.8. The second-order valence-corrected chi connectivity index (χ2v) is 6.86. The summed E-state index contributed by atoms with van der Waals surface area (Å²) in [5, 5.41) is 13.7. The lowest BCUT2D eigenvalue weighted by Gasteiger charge is -2.26. The minimum absolute atomic E-state index is 0.0714. The number of aliphatic hydroxyl groups is 1. The summed E-state index contributed by atoms with van der Waals surface area (Å²) in [6, 6.07) is 3.60. The van der Waals surface area contributed by atoms with E-state index in [4.69, 9.17) is 4.74 Å². The maximum Gasteiger partial charge on any atom is 0.416 e. The van der Waals surface area contributed by atoms with E-state index in [2.05, 4.69) is 15.1 Å². The second-order valence-electron chi connectivity index (χ2n) is 6.86.